The molecule has 0 aliphatic carbocycles. The van der Waals surface area contributed by atoms with Gasteiger partial charge >= 0.3 is 0 Å². The van der Waals surface area contributed by atoms with Crippen LogP contribution in [-0.4, -0.2) is 41.6 Å². The van der Waals surface area contributed by atoms with Crippen LogP contribution in [0.25, 0.3) is 0 Å². The van der Waals surface area contributed by atoms with Gasteiger partial charge in [0.05, 0.1) is 0 Å². The summed E-state index contributed by atoms with van der Waals surface area (Å²) in [5.41, 5.74) is -0.507. The fourth-order valence-electron chi connectivity index (χ4n) is 2.63. The molecule has 1 heterocycles. The largest absolute Gasteiger partial charge is 0.507 e. The Balaban J connectivity index is 2.02. The van der Waals surface area contributed by atoms with Gasteiger partial charge in [-0.05, 0) is 25.9 Å². The smallest absolute Gasteiger partial charge is 0.258 e. The molecule has 1 aromatic rings. The highest BCUT2D eigenvalue weighted by molar-refractivity contribution is 5.97. The maximum atomic E-state index is 13.5. The van der Waals surface area contributed by atoms with Gasteiger partial charge in [0.15, 0.2) is 0 Å². The van der Waals surface area contributed by atoms with Crippen LogP contribution in [-0.2, 0) is 0 Å². The number of benzene rings is 1. The van der Waals surface area contributed by atoms with Crippen molar-refractivity contribution in [3.8, 4) is 5.75 Å². The number of amides is 1. The third-order valence-electron chi connectivity index (χ3n) is 3.66. The molecule has 20 heavy (non-hydrogen) atoms. The van der Waals surface area contributed by atoms with Gasteiger partial charge in [-0.25, -0.2) is 8.78 Å². The number of hydrogen-bond acceptors (Lipinski definition) is 3. The second kappa shape index (κ2) is 6.17. The van der Waals surface area contributed by atoms with Gasteiger partial charge in [0.2, 0.25) is 0 Å². The lowest BCUT2D eigenvalue weighted by Gasteiger charge is -2.23. The van der Waals surface area contributed by atoms with Crippen molar-refractivity contribution in [2.75, 3.05) is 19.6 Å². The summed E-state index contributed by atoms with van der Waals surface area (Å²) in [5.74, 6) is -3.37. The average Bonchev–Trinajstić information content (AvgIpc) is 2.82. The molecule has 1 aliphatic rings. The van der Waals surface area contributed by atoms with E-state index in [2.05, 4.69) is 10.2 Å². The highest BCUT2D eigenvalue weighted by Crippen LogP contribution is 2.22. The lowest BCUT2D eigenvalue weighted by Crippen LogP contribution is -2.40. The lowest BCUT2D eigenvalue weighted by atomic mass is 10.1. The van der Waals surface area contributed by atoms with Gasteiger partial charge < -0.3 is 10.4 Å². The highest BCUT2D eigenvalue weighted by Gasteiger charge is 2.25. The standard InChI is InChI=1S/C14H18F2N2O2/c1-2-18-5-3-4-10(18)8-17-14(20)13-11(16)6-9(15)7-12(13)19/h6-7,10,19H,2-5,8H2,1H3,(H,17,20). The quantitative estimate of drug-likeness (QED) is 0.887. The molecule has 0 saturated carbocycles. The summed E-state index contributed by atoms with van der Waals surface area (Å²) in [7, 11) is 0. The Morgan fingerprint density at radius 1 is 1.50 bits per heavy atom. The van der Waals surface area contributed by atoms with Crippen molar-refractivity contribution in [1.29, 1.82) is 0 Å². The first-order valence-electron chi connectivity index (χ1n) is 6.73. The first-order valence-corrected chi connectivity index (χ1v) is 6.73. The van der Waals surface area contributed by atoms with Crippen LogP contribution in [0.4, 0.5) is 8.78 Å². The Bertz CT molecular complexity index is 485. The Kier molecular flexibility index (Phi) is 4.54. The topological polar surface area (TPSA) is 52.6 Å². The van der Waals surface area contributed by atoms with Crippen LogP contribution in [0, 0.1) is 11.6 Å². The van der Waals surface area contributed by atoms with E-state index < -0.39 is 28.9 Å². The van der Waals surface area contributed by atoms with E-state index in [-0.39, 0.29) is 6.04 Å². The second-order valence-electron chi connectivity index (χ2n) is 4.92. The van der Waals surface area contributed by atoms with E-state index in [1.165, 1.54) is 0 Å². The minimum absolute atomic E-state index is 0.231. The molecule has 0 radical (unpaired) electrons. The zero-order valence-electron chi connectivity index (χ0n) is 11.3. The van der Waals surface area contributed by atoms with Gasteiger partial charge in [-0.15, -0.1) is 0 Å². The van der Waals surface area contributed by atoms with Gasteiger partial charge in [-0.2, -0.15) is 0 Å². The van der Waals surface area contributed by atoms with E-state index in [4.69, 9.17) is 0 Å². The summed E-state index contributed by atoms with van der Waals surface area (Å²) in [6.07, 6.45) is 2.05. The van der Waals surface area contributed by atoms with Gasteiger partial charge in [0.1, 0.15) is 22.9 Å². The number of aromatic hydroxyl groups is 1. The predicted octanol–water partition coefficient (Wildman–Crippen LogP) is 1.88. The highest BCUT2D eigenvalue weighted by atomic mass is 19.1. The van der Waals surface area contributed by atoms with E-state index in [1.807, 2.05) is 6.92 Å². The molecule has 110 valence electrons. The normalized spacial score (nSPS) is 19.2. The Labute approximate surface area is 116 Å². The van der Waals surface area contributed by atoms with Crippen molar-refractivity contribution in [2.45, 2.75) is 25.8 Å². The van der Waals surface area contributed by atoms with Crippen LogP contribution in [0.3, 0.4) is 0 Å². The Morgan fingerprint density at radius 3 is 2.90 bits per heavy atom. The summed E-state index contributed by atoms with van der Waals surface area (Å²) in [5, 5.41) is 12.1. The number of phenols is 1. The van der Waals surface area contributed by atoms with E-state index in [9.17, 15) is 18.7 Å². The molecule has 1 amide bonds. The van der Waals surface area contributed by atoms with Crippen molar-refractivity contribution >= 4 is 5.91 Å². The number of rotatable bonds is 4. The zero-order chi connectivity index (χ0) is 14.7. The number of likely N-dealkylation sites (tertiary alicyclic amines) is 1. The molecule has 0 bridgehead atoms. The molecule has 1 unspecified atom stereocenters. The first-order chi connectivity index (χ1) is 9.52. The summed E-state index contributed by atoms with van der Waals surface area (Å²) in [4.78, 5) is 14.1. The van der Waals surface area contributed by atoms with Gasteiger partial charge in [-0.1, -0.05) is 6.92 Å². The molecule has 2 N–H and O–H groups in total. The molecule has 1 atom stereocenters. The lowest BCUT2D eigenvalue weighted by molar-refractivity contribution is 0.0934. The molecule has 2 rings (SSSR count). The number of likely N-dealkylation sites (N-methyl/N-ethyl adjacent to an activating group) is 1. The molecular formula is C14H18F2N2O2. The van der Waals surface area contributed by atoms with Gasteiger partial charge in [-0.3, -0.25) is 9.69 Å². The molecule has 1 saturated heterocycles. The number of phenolic OH excluding ortho intramolecular Hbond substituents is 1. The maximum absolute atomic E-state index is 13.5. The molecule has 1 aliphatic heterocycles. The van der Waals surface area contributed by atoms with Crippen molar-refractivity contribution < 1.29 is 18.7 Å². The van der Waals surface area contributed by atoms with Gasteiger partial charge in [0.25, 0.3) is 5.91 Å². The van der Waals surface area contributed by atoms with Crippen molar-refractivity contribution in [2.24, 2.45) is 0 Å². The molecule has 0 spiro atoms. The summed E-state index contributed by atoms with van der Waals surface area (Å²) in [6.45, 7) is 4.33. The number of carbonyl (C=O) groups is 1. The fraction of sp³-hybridized carbons (Fsp3) is 0.500. The zero-order valence-corrected chi connectivity index (χ0v) is 11.3. The van der Waals surface area contributed by atoms with Crippen LogP contribution >= 0.6 is 0 Å². The minimum Gasteiger partial charge on any atom is -0.507 e. The van der Waals surface area contributed by atoms with E-state index in [1.54, 1.807) is 0 Å². The Morgan fingerprint density at radius 2 is 2.25 bits per heavy atom. The molecule has 4 nitrogen and oxygen atoms in total. The van der Waals surface area contributed by atoms with Crippen LogP contribution in [0.2, 0.25) is 0 Å². The van der Waals surface area contributed by atoms with Crippen LogP contribution in [0.5, 0.6) is 5.75 Å². The predicted molar refractivity (Wildman–Crippen MR) is 70.6 cm³/mol. The fourth-order valence-corrected chi connectivity index (χ4v) is 2.63. The van der Waals surface area contributed by atoms with Gasteiger partial charge in [0, 0.05) is 24.7 Å². The first kappa shape index (κ1) is 14.7. The SMILES string of the molecule is CCN1CCCC1CNC(=O)c1c(O)cc(F)cc1F. The van der Waals surface area contributed by atoms with Crippen LogP contribution in [0.15, 0.2) is 12.1 Å². The van der Waals surface area contributed by atoms with Crippen molar-refractivity contribution in [3.63, 3.8) is 0 Å². The van der Waals surface area contributed by atoms with E-state index in [0.717, 1.165) is 32.0 Å². The van der Waals surface area contributed by atoms with E-state index >= 15 is 0 Å². The third-order valence-corrected chi connectivity index (χ3v) is 3.66. The summed E-state index contributed by atoms with van der Waals surface area (Å²) >= 11 is 0. The summed E-state index contributed by atoms with van der Waals surface area (Å²) in [6, 6.07) is 1.55. The number of hydrogen-bond donors (Lipinski definition) is 2. The third kappa shape index (κ3) is 3.07. The number of nitrogens with zero attached hydrogens (tertiary/aromatic N) is 1. The molecule has 1 aromatic carbocycles. The molecule has 6 heteroatoms. The van der Waals surface area contributed by atoms with Crippen LogP contribution in [0.1, 0.15) is 30.1 Å². The van der Waals surface area contributed by atoms with Crippen molar-refractivity contribution in [1.82, 2.24) is 10.2 Å². The van der Waals surface area contributed by atoms with E-state index in [0.29, 0.717) is 12.6 Å². The Hall–Kier alpha value is -1.69. The minimum atomic E-state index is -1.06. The maximum Gasteiger partial charge on any atom is 0.258 e. The van der Waals surface area contributed by atoms with Crippen molar-refractivity contribution in [3.05, 3.63) is 29.3 Å². The second-order valence-corrected chi connectivity index (χ2v) is 4.92. The number of halogens is 2. The number of nitrogens with one attached hydrogen (secondary N) is 1. The monoisotopic (exact) mass is 284 g/mol. The molecule has 1 fully saturated rings. The summed E-state index contributed by atoms with van der Waals surface area (Å²) < 4.78 is 26.4. The molecule has 0 aromatic heterocycles. The molecular weight excluding hydrogens is 266 g/mol. The number of carbonyl (C=O) groups excluding carboxylic acids is 1. The van der Waals surface area contributed by atoms with Crippen LogP contribution < -0.4 is 5.32 Å². The average molecular weight is 284 g/mol.